The number of nitrogens with zero attached hydrogens (tertiary/aromatic N) is 1. The summed E-state index contributed by atoms with van der Waals surface area (Å²) < 4.78 is 0. The highest BCUT2D eigenvalue weighted by Crippen LogP contribution is 2.19. The van der Waals surface area contributed by atoms with E-state index in [1.807, 2.05) is 13.8 Å². The number of nitriles is 1. The molecule has 0 saturated carbocycles. The number of hydrogen-bond donors (Lipinski definition) is 1. The molecule has 1 N–H and O–H groups in total. The second-order valence-corrected chi connectivity index (χ2v) is 4.57. The summed E-state index contributed by atoms with van der Waals surface area (Å²) >= 11 is 0. The van der Waals surface area contributed by atoms with Crippen LogP contribution in [0.2, 0.25) is 0 Å². The van der Waals surface area contributed by atoms with E-state index in [2.05, 4.69) is 24.2 Å². The summed E-state index contributed by atoms with van der Waals surface area (Å²) in [6, 6.07) is 2.74. The first-order valence-corrected chi connectivity index (χ1v) is 5.64. The van der Waals surface area contributed by atoms with Gasteiger partial charge in [-0.25, -0.2) is 0 Å². The van der Waals surface area contributed by atoms with Crippen LogP contribution >= 0.6 is 0 Å². The molecule has 0 fully saturated rings. The van der Waals surface area contributed by atoms with E-state index < -0.39 is 0 Å². The standard InChI is InChI=1S/C13H22N2/c1-5-8-12(6-2)15-10-7-9-13(3,4)11-14/h1,12,15H,6-10H2,2-4H3. The van der Waals surface area contributed by atoms with Gasteiger partial charge in [0.05, 0.1) is 11.5 Å². The van der Waals surface area contributed by atoms with Crippen LogP contribution < -0.4 is 5.32 Å². The quantitative estimate of drug-likeness (QED) is 0.513. The van der Waals surface area contributed by atoms with E-state index in [4.69, 9.17) is 11.7 Å². The largest absolute Gasteiger partial charge is 0.313 e. The van der Waals surface area contributed by atoms with Crippen LogP contribution in [0.4, 0.5) is 0 Å². The van der Waals surface area contributed by atoms with Crippen LogP contribution in [-0.2, 0) is 0 Å². The molecule has 0 aromatic rings. The lowest BCUT2D eigenvalue weighted by Crippen LogP contribution is -2.29. The van der Waals surface area contributed by atoms with E-state index in [0.29, 0.717) is 6.04 Å². The second-order valence-electron chi connectivity index (χ2n) is 4.57. The first kappa shape index (κ1) is 14.0. The van der Waals surface area contributed by atoms with Gasteiger partial charge >= 0.3 is 0 Å². The van der Waals surface area contributed by atoms with Crippen LogP contribution in [0.15, 0.2) is 0 Å². The SMILES string of the molecule is C#CCC(CC)NCCCC(C)(C)C#N. The monoisotopic (exact) mass is 206 g/mol. The smallest absolute Gasteiger partial charge is 0.0683 e. The molecule has 15 heavy (non-hydrogen) atoms. The van der Waals surface area contributed by atoms with Gasteiger partial charge in [-0.05, 0) is 39.7 Å². The Balaban J connectivity index is 3.63. The normalized spacial score (nSPS) is 12.9. The van der Waals surface area contributed by atoms with Gasteiger partial charge in [0, 0.05) is 12.5 Å². The summed E-state index contributed by atoms with van der Waals surface area (Å²) in [6.07, 6.45) is 9.08. The van der Waals surface area contributed by atoms with Crippen molar-refractivity contribution < 1.29 is 0 Å². The lowest BCUT2D eigenvalue weighted by molar-refractivity contribution is 0.409. The summed E-state index contributed by atoms with van der Waals surface area (Å²) in [5, 5.41) is 12.3. The van der Waals surface area contributed by atoms with Gasteiger partial charge in [0.2, 0.25) is 0 Å². The molecule has 0 amide bonds. The van der Waals surface area contributed by atoms with Gasteiger partial charge in [-0.2, -0.15) is 5.26 Å². The third-order valence-electron chi connectivity index (χ3n) is 2.57. The predicted molar refractivity (Wildman–Crippen MR) is 64.2 cm³/mol. The first-order valence-electron chi connectivity index (χ1n) is 5.64. The van der Waals surface area contributed by atoms with Gasteiger partial charge in [-0.3, -0.25) is 0 Å². The Hall–Kier alpha value is -0.990. The molecule has 0 rings (SSSR count). The first-order chi connectivity index (χ1) is 7.05. The fraction of sp³-hybridized carbons (Fsp3) is 0.769. The molecule has 0 aromatic carbocycles. The zero-order chi connectivity index (χ0) is 11.7. The van der Waals surface area contributed by atoms with Gasteiger partial charge in [-0.1, -0.05) is 6.92 Å². The van der Waals surface area contributed by atoms with Crippen LogP contribution in [0.5, 0.6) is 0 Å². The number of rotatable bonds is 7. The molecule has 2 heteroatoms. The molecule has 2 nitrogen and oxygen atoms in total. The van der Waals surface area contributed by atoms with Crippen molar-refractivity contribution in [2.45, 2.75) is 52.5 Å². The number of nitrogens with one attached hydrogen (secondary N) is 1. The Labute approximate surface area is 94.1 Å². The third kappa shape index (κ3) is 7.00. The molecular weight excluding hydrogens is 184 g/mol. The molecule has 0 saturated heterocycles. The molecular formula is C13H22N2. The summed E-state index contributed by atoms with van der Waals surface area (Å²) in [4.78, 5) is 0. The van der Waals surface area contributed by atoms with Crippen LogP contribution in [0.1, 0.15) is 46.5 Å². The topological polar surface area (TPSA) is 35.8 Å². The molecule has 0 aliphatic carbocycles. The van der Waals surface area contributed by atoms with Gasteiger partial charge in [0.15, 0.2) is 0 Å². The lowest BCUT2D eigenvalue weighted by Gasteiger charge is -2.17. The van der Waals surface area contributed by atoms with Gasteiger partial charge in [-0.15, -0.1) is 12.3 Å². The zero-order valence-electron chi connectivity index (χ0n) is 10.1. The highest BCUT2D eigenvalue weighted by molar-refractivity contribution is 4.92. The summed E-state index contributed by atoms with van der Waals surface area (Å²) in [6.45, 7) is 7.04. The lowest BCUT2D eigenvalue weighted by atomic mass is 9.90. The van der Waals surface area contributed by atoms with Crippen molar-refractivity contribution in [1.29, 1.82) is 5.26 Å². The fourth-order valence-corrected chi connectivity index (χ4v) is 1.40. The highest BCUT2D eigenvalue weighted by Gasteiger charge is 2.15. The van der Waals surface area contributed by atoms with E-state index >= 15 is 0 Å². The summed E-state index contributed by atoms with van der Waals surface area (Å²) in [5.74, 6) is 2.67. The Morgan fingerprint density at radius 1 is 1.47 bits per heavy atom. The minimum atomic E-state index is -0.199. The van der Waals surface area contributed by atoms with Crippen molar-refractivity contribution in [3.63, 3.8) is 0 Å². The van der Waals surface area contributed by atoms with Gasteiger partial charge in [0.1, 0.15) is 0 Å². The Morgan fingerprint density at radius 3 is 2.60 bits per heavy atom. The minimum Gasteiger partial charge on any atom is -0.313 e. The average Bonchev–Trinajstić information content (AvgIpc) is 2.22. The fourth-order valence-electron chi connectivity index (χ4n) is 1.40. The number of terminal acetylenes is 1. The Bertz CT molecular complexity index is 242. The van der Waals surface area contributed by atoms with Crippen molar-refractivity contribution in [3.8, 4) is 18.4 Å². The molecule has 1 unspecified atom stereocenters. The van der Waals surface area contributed by atoms with Crippen LogP contribution in [-0.4, -0.2) is 12.6 Å². The van der Waals surface area contributed by atoms with Crippen molar-refractivity contribution in [2.75, 3.05) is 6.54 Å². The maximum atomic E-state index is 8.84. The van der Waals surface area contributed by atoms with Crippen molar-refractivity contribution in [3.05, 3.63) is 0 Å². The Morgan fingerprint density at radius 2 is 2.13 bits per heavy atom. The highest BCUT2D eigenvalue weighted by atomic mass is 14.9. The van der Waals surface area contributed by atoms with Gasteiger partial charge < -0.3 is 5.32 Å². The van der Waals surface area contributed by atoms with Crippen LogP contribution in [0.25, 0.3) is 0 Å². The van der Waals surface area contributed by atoms with E-state index in [0.717, 1.165) is 32.2 Å². The van der Waals surface area contributed by atoms with Crippen molar-refractivity contribution >= 4 is 0 Å². The molecule has 0 aliphatic heterocycles. The zero-order valence-corrected chi connectivity index (χ0v) is 10.1. The molecule has 84 valence electrons. The summed E-state index contributed by atoms with van der Waals surface area (Å²) in [7, 11) is 0. The van der Waals surface area contributed by atoms with Crippen molar-refractivity contribution in [2.24, 2.45) is 5.41 Å². The predicted octanol–water partition coefficient (Wildman–Crippen LogP) is 2.71. The van der Waals surface area contributed by atoms with Gasteiger partial charge in [0.25, 0.3) is 0 Å². The molecule has 0 radical (unpaired) electrons. The maximum absolute atomic E-state index is 8.84. The van der Waals surface area contributed by atoms with E-state index in [9.17, 15) is 0 Å². The maximum Gasteiger partial charge on any atom is 0.0683 e. The minimum absolute atomic E-state index is 0.199. The molecule has 0 bridgehead atoms. The van der Waals surface area contributed by atoms with Crippen LogP contribution in [0, 0.1) is 29.1 Å². The number of hydrogen-bond acceptors (Lipinski definition) is 2. The molecule has 1 atom stereocenters. The molecule has 0 aromatic heterocycles. The molecule has 0 spiro atoms. The average molecular weight is 206 g/mol. The molecule has 0 heterocycles. The van der Waals surface area contributed by atoms with Crippen LogP contribution in [0.3, 0.4) is 0 Å². The molecule has 0 aliphatic rings. The summed E-state index contributed by atoms with van der Waals surface area (Å²) in [5.41, 5.74) is -0.199. The Kier molecular flexibility index (Phi) is 6.84. The van der Waals surface area contributed by atoms with E-state index in [1.165, 1.54) is 0 Å². The third-order valence-corrected chi connectivity index (χ3v) is 2.57. The second kappa shape index (κ2) is 7.32. The van der Waals surface area contributed by atoms with E-state index in [-0.39, 0.29) is 5.41 Å². The van der Waals surface area contributed by atoms with E-state index in [1.54, 1.807) is 0 Å². The van der Waals surface area contributed by atoms with Crippen molar-refractivity contribution in [1.82, 2.24) is 5.32 Å².